The molecule has 0 bridgehead atoms. The number of imidazole rings is 1. The number of alkyl halides is 6. The van der Waals surface area contributed by atoms with Gasteiger partial charge in [0.2, 0.25) is 0 Å². The van der Waals surface area contributed by atoms with Gasteiger partial charge in [0.1, 0.15) is 11.2 Å². The van der Waals surface area contributed by atoms with Crippen LogP contribution >= 0.6 is 11.8 Å². The van der Waals surface area contributed by atoms with Crippen molar-refractivity contribution in [1.82, 2.24) is 24.1 Å². The molecule has 0 spiro atoms. The first kappa shape index (κ1) is 20.5. The lowest BCUT2D eigenvalue weighted by Gasteiger charge is -2.06. The quantitative estimate of drug-likeness (QED) is 0.312. The van der Waals surface area contributed by atoms with Crippen LogP contribution in [0.15, 0.2) is 35.5 Å². The van der Waals surface area contributed by atoms with Crippen molar-refractivity contribution in [2.24, 2.45) is 7.05 Å². The van der Waals surface area contributed by atoms with E-state index in [-0.39, 0.29) is 22.7 Å². The van der Waals surface area contributed by atoms with E-state index in [1.807, 2.05) is 6.92 Å². The zero-order valence-corrected chi connectivity index (χ0v) is 16.3. The van der Waals surface area contributed by atoms with Gasteiger partial charge in [-0.05, 0) is 24.0 Å². The molecule has 0 radical (unpaired) electrons. The summed E-state index contributed by atoms with van der Waals surface area (Å²) in [5, 5.41) is 4.27. The summed E-state index contributed by atoms with van der Waals surface area (Å²) in [6.07, 6.45) is -7.51. The summed E-state index contributed by atoms with van der Waals surface area (Å²) in [5.41, 5.74) is -0.858. The van der Waals surface area contributed by atoms with Crippen LogP contribution in [0.2, 0.25) is 0 Å². The van der Waals surface area contributed by atoms with Crippen molar-refractivity contribution in [1.29, 1.82) is 0 Å². The number of pyridine rings is 2. The van der Waals surface area contributed by atoms with Crippen LogP contribution in [-0.2, 0) is 19.4 Å². The van der Waals surface area contributed by atoms with Crippen LogP contribution in [0.25, 0.3) is 28.2 Å². The molecule has 4 heterocycles. The van der Waals surface area contributed by atoms with Gasteiger partial charge in [-0.2, -0.15) is 31.4 Å². The fourth-order valence-electron chi connectivity index (χ4n) is 3.07. The number of rotatable bonds is 3. The zero-order valence-electron chi connectivity index (χ0n) is 15.5. The molecule has 0 N–H and O–H groups in total. The maximum atomic E-state index is 13.1. The molecule has 4 rings (SSSR count). The largest absolute Gasteiger partial charge is 0.417 e. The molecule has 12 heteroatoms. The normalized spacial score (nSPS) is 12.9. The standard InChI is InChI=1S/C18H13F6N5S/c1-3-30-14-12-5-4-9(17(19,20)21)8-29(12)27-13(14)16-26-11-6-10(18(22,23)24)7-25-15(11)28(16)2/h4-8H,3H2,1-2H3. The Labute approximate surface area is 169 Å². The molecule has 0 amide bonds. The molecular formula is C18H13F6N5S. The fraction of sp³-hybridized carbons (Fsp3) is 0.278. The van der Waals surface area contributed by atoms with Gasteiger partial charge in [-0.25, -0.2) is 14.5 Å². The molecule has 158 valence electrons. The average molecular weight is 445 g/mol. The van der Waals surface area contributed by atoms with Crippen molar-refractivity contribution < 1.29 is 26.3 Å². The van der Waals surface area contributed by atoms with E-state index in [0.29, 0.717) is 16.2 Å². The lowest BCUT2D eigenvalue weighted by Crippen LogP contribution is -2.06. The highest BCUT2D eigenvalue weighted by Gasteiger charge is 2.33. The lowest BCUT2D eigenvalue weighted by atomic mass is 10.2. The SMILES string of the molecule is CCSc1c(-c2nc3cc(C(F)(F)F)cnc3n2C)nn2cc(C(F)(F)F)ccc12. The third-order valence-corrected chi connectivity index (χ3v) is 5.43. The van der Waals surface area contributed by atoms with Crippen molar-refractivity contribution in [2.45, 2.75) is 24.2 Å². The molecule has 0 aliphatic carbocycles. The Balaban J connectivity index is 1.94. The molecule has 4 aromatic heterocycles. The molecular weight excluding hydrogens is 432 g/mol. The number of nitrogens with zero attached hydrogens (tertiary/aromatic N) is 5. The monoisotopic (exact) mass is 445 g/mol. The Bertz CT molecular complexity index is 1250. The van der Waals surface area contributed by atoms with Crippen LogP contribution in [0.5, 0.6) is 0 Å². The molecule has 0 saturated carbocycles. The van der Waals surface area contributed by atoms with Gasteiger partial charge in [-0.1, -0.05) is 6.92 Å². The van der Waals surface area contributed by atoms with Crippen molar-refractivity contribution in [2.75, 3.05) is 5.75 Å². The van der Waals surface area contributed by atoms with Crippen LogP contribution in [0.4, 0.5) is 26.3 Å². The van der Waals surface area contributed by atoms with Gasteiger partial charge in [0.05, 0.1) is 21.5 Å². The van der Waals surface area contributed by atoms with Gasteiger partial charge in [-0.3, -0.25) is 0 Å². The summed E-state index contributed by atoms with van der Waals surface area (Å²) in [5.74, 6) is 0.820. The molecule has 4 aromatic rings. The topological polar surface area (TPSA) is 48.0 Å². The van der Waals surface area contributed by atoms with Gasteiger partial charge in [0.15, 0.2) is 11.5 Å². The molecule has 0 unspecified atom stereocenters. The molecule has 0 saturated heterocycles. The van der Waals surface area contributed by atoms with Crippen LogP contribution in [-0.4, -0.2) is 29.9 Å². The minimum atomic E-state index is -4.57. The lowest BCUT2D eigenvalue weighted by molar-refractivity contribution is -0.138. The highest BCUT2D eigenvalue weighted by molar-refractivity contribution is 7.99. The summed E-state index contributed by atoms with van der Waals surface area (Å²) in [6, 6.07) is 3.17. The number of hydrogen-bond donors (Lipinski definition) is 0. The summed E-state index contributed by atoms with van der Waals surface area (Å²) >= 11 is 1.35. The first-order valence-corrected chi connectivity index (χ1v) is 9.61. The summed E-state index contributed by atoms with van der Waals surface area (Å²) in [4.78, 5) is 8.70. The number of aryl methyl sites for hydroxylation is 1. The van der Waals surface area contributed by atoms with E-state index in [1.165, 1.54) is 22.4 Å². The van der Waals surface area contributed by atoms with Gasteiger partial charge in [0, 0.05) is 19.4 Å². The third-order valence-electron chi connectivity index (χ3n) is 4.45. The van der Waals surface area contributed by atoms with Crippen molar-refractivity contribution in [3.63, 3.8) is 0 Å². The first-order valence-electron chi connectivity index (χ1n) is 8.63. The highest BCUT2D eigenvalue weighted by Crippen LogP contribution is 2.37. The Hall–Kier alpha value is -2.76. The number of aromatic nitrogens is 5. The molecule has 0 aliphatic rings. The highest BCUT2D eigenvalue weighted by atomic mass is 32.2. The minimum absolute atomic E-state index is 0.0165. The fourth-order valence-corrected chi connectivity index (χ4v) is 3.94. The Kier molecular flexibility index (Phi) is 4.71. The molecule has 0 atom stereocenters. The van der Waals surface area contributed by atoms with Crippen molar-refractivity contribution in [3.05, 3.63) is 41.7 Å². The Morgan fingerprint density at radius 1 is 1.03 bits per heavy atom. The predicted molar refractivity (Wildman–Crippen MR) is 99.1 cm³/mol. The first-order chi connectivity index (χ1) is 14.0. The number of thioether (sulfide) groups is 1. The predicted octanol–water partition coefficient (Wildman–Crippen LogP) is 5.43. The zero-order chi connectivity index (χ0) is 21.8. The van der Waals surface area contributed by atoms with Crippen LogP contribution in [0, 0.1) is 0 Å². The number of hydrogen-bond acceptors (Lipinski definition) is 4. The number of halogens is 6. The van der Waals surface area contributed by atoms with Gasteiger partial charge in [-0.15, -0.1) is 11.8 Å². The Morgan fingerprint density at radius 3 is 2.37 bits per heavy atom. The van der Waals surface area contributed by atoms with E-state index in [1.54, 1.807) is 7.05 Å². The van der Waals surface area contributed by atoms with Gasteiger partial charge < -0.3 is 4.57 Å². The maximum Gasteiger partial charge on any atom is 0.417 e. The second kappa shape index (κ2) is 6.89. The van der Waals surface area contributed by atoms with E-state index < -0.39 is 23.5 Å². The molecule has 30 heavy (non-hydrogen) atoms. The second-order valence-corrected chi connectivity index (χ2v) is 7.69. The summed E-state index contributed by atoms with van der Waals surface area (Å²) < 4.78 is 80.8. The summed E-state index contributed by atoms with van der Waals surface area (Å²) in [7, 11) is 1.57. The maximum absolute atomic E-state index is 13.1. The van der Waals surface area contributed by atoms with Gasteiger partial charge >= 0.3 is 12.4 Å². The van der Waals surface area contributed by atoms with Gasteiger partial charge in [0.25, 0.3) is 0 Å². The Morgan fingerprint density at radius 2 is 1.73 bits per heavy atom. The molecule has 5 nitrogen and oxygen atoms in total. The van der Waals surface area contributed by atoms with Crippen LogP contribution < -0.4 is 0 Å². The van der Waals surface area contributed by atoms with Crippen molar-refractivity contribution in [3.8, 4) is 11.5 Å². The van der Waals surface area contributed by atoms with E-state index in [4.69, 9.17) is 0 Å². The summed E-state index contributed by atoms with van der Waals surface area (Å²) in [6.45, 7) is 1.87. The third kappa shape index (κ3) is 3.38. The smallest absolute Gasteiger partial charge is 0.310 e. The van der Waals surface area contributed by atoms with Crippen LogP contribution in [0.1, 0.15) is 18.1 Å². The van der Waals surface area contributed by atoms with E-state index in [0.717, 1.165) is 29.0 Å². The van der Waals surface area contributed by atoms with E-state index in [9.17, 15) is 26.3 Å². The number of fused-ring (bicyclic) bond motifs is 2. The minimum Gasteiger partial charge on any atom is -0.310 e. The second-order valence-electron chi connectivity index (χ2n) is 6.41. The molecule has 0 aromatic carbocycles. The molecule has 0 aliphatic heterocycles. The average Bonchev–Trinajstić information content (AvgIpc) is 3.18. The van der Waals surface area contributed by atoms with E-state index >= 15 is 0 Å². The van der Waals surface area contributed by atoms with E-state index in [2.05, 4.69) is 15.1 Å². The van der Waals surface area contributed by atoms with Crippen LogP contribution in [0.3, 0.4) is 0 Å². The molecule has 0 fully saturated rings. The van der Waals surface area contributed by atoms with Crippen molar-refractivity contribution >= 4 is 28.4 Å².